The summed E-state index contributed by atoms with van der Waals surface area (Å²) in [5.74, 6) is -0.00548. The second kappa shape index (κ2) is 7.54. The molecule has 1 aliphatic carbocycles. The molecule has 0 spiro atoms. The summed E-state index contributed by atoms with van der Waals surface area (Å²) < 4.78 is 13.3. The van der Waals surface area contributed by atoms with Crippen LogP contribution in [-0.2, 0) is 0 Å². The van der Waals surface area contributed by atoms with E-state index in [1.54, 1.807) is 13.0 Å². The van der Waals surface area contributed by atoms with Crippen molar-refractivity contribution in [3.05, 3.63) is 58.9 Å². The Bertz CT molecular complexity index is 965. The van der Waals surface area contributed by atoms with Crippen molar-refractivity contribution in [3.8, 4) is 6.07 Å². The maximum atomic E-state index is 13.3. The lowest BCUT2D eigenvalue weighted by atomic mass is 10.0. The van der Waals surface area contributed by atoms with Crippen molar-refractivity contribution in [1.29, 1.82) is 10.7 Å². The van der Waals surface area contributed by atoms with Crippen LogP contribution in [0.4, 0.5) is 4.39 Å². The van der Waals surface area contributed by atoms with Crippen LogP contribution in [0.3, 0.4) is 0 Å². The first-order valence-corrected chi connectivity index (χ1v) is 8.72. The minimum Gasteiger partial charge on any atom is -0.347 e. The molecule has 27 heavy (non-hydrogen) atoms. The second-order valence-electron chi connectivity index (χ2n) is 6.79. The highest BCUT2D eigenvalue weighted by molar-refractivity contribution is 6.11. The summed E-state index contributed by atoms with van der Waals surface area (Å²) in [6.45, 7) is 3.76. The molecule has 1 unspecified atom stereocenters. The Hall–Kier alpha value is -3.27. The third-order valence-corrected chi connectivity index (χ3v) is 4.66. The molecule has 0 radical (unpaired) electrons. The van der Waals surface area contributed by atoms with E-state index in [4.69, 9.17) is 10.7 Å². The lowest BCUT2D eigenvalue weighted by Gasteiger charge is -2.10. The Morgan fingerprint density at radius 2 is 2.26 bits per heavy atom. The smallest absolute Gasteiger partial charge is 0.287 e. The number of rotatable bonds is 6. The van der Waals surface area contributed by atoms with Gasteiger partial charge in [-0.15, -0.1) is 0 Å². The molecule has 3 rings (SSSR count). The van der Waals surface area contributed by atoms with Gasteiger partial charge in [0.2, 0.25) is 0 Å². The van der Waals surface area contributed by atoms with Crippen LogP contribution in [0.2, 0.25) is 0 Å². The van der Waals surface area contributed by atoms with E-state index in [0.717, 1.165) is 18.9 Å². The van der Waals surface area contributed by atoms with Gasteiger partial charge < -0.3 is 15.7 Å². The molecule has 2 aromatic rings. The van der Waals surface area contributed by atoms with Gasteiger partial charge in [-0.1, -0.05) is 0 Å². The number of hydrogen-bond donors (Lipinski definition) is 3. The summed E-state index contributed by atoms with van der Waals surface area (Å²) in [4.78, 5) is 19.3. The number of carbonyl (C=O) groups is 1. The molecule has 0 bridgehead atoms. The zero-order chi connectivity index (χ0) is 19.6. The molecule has 3 N–H and O–H groups in total. The Balaban J connectivity index is 1.75. The summed E-state index contributed by atoms with van der Waals surface area (Å²) in [6.07, 6.45) is 5.37. The van der Waals surface area contributed by atoms with Crippen LogP contribution in [0, 0.1) is 28.5 Å². The molecule has 6 nitrogen and oxygen atoms in total. The second-order valence-corrected chi connectivity index (χ2v) is 6.79. The predicted octanol–water partition coefficient (Wildman–Crippen LogP) is 3.42. The van der Waals surface area contributed by atoms with Gasteiger partial charge >= 0.3 is 0 Å². The number of nitriles is 1. The molecule has 1 saturated carbocycles. The van der Waals surface area contributed by atoms with Gasteiger partial charge in [-0.25, -0.2) is 9.37 Å². The number of aromatic nitrogens is 2. The van der Waals surface area contributed by atoms with Gasteiger partial charge in [0.25, 0.3) is 5.91 Å². The number of allylic oxidation sites excluding steroid dienone is 2. The lowest BCUT2D eigenvalue weighted by molar-refractivity contribution is 0.0926. The third-order valence-electron chi connectivity index (χ3n) is 4.66. The summed E-state index contributed by atoms with van der Waals surface area (Å²) in [7, 11) is 0. The van der Waals surface area contributed by atoms with E-state index in [2.05, 4.69) is 15.3 Å². The van der Waals surface area contributed by atoms with Crippen LogP contribution in [0.1, 0.15) is 54.1 Å². The van der Waals surface area contributed by atoms with E-state index in [1.165, 1.54) is 18.3 Å². The number of nitrogens with one attached hydrogen (secondary N) is 3. The minimum absolute atomic E-state index is 0.0759. The SMILES string of the molecule is C/C(=C/C(=N)c1ccc(F)cc1C#N)c1cnc(C(=O)NC(C)C2CC2)[nH]1. The molecule has 7 heteroatoms. The Labute approximate surface area is 156 Å². The van der Waals surface area contributed by atoms with Crippen molar-refractivity contribution >= 4 is 17.2 Å². The lowest BCUT2D eigenvalue weighted by Crippen LogP contribution is -2.34. The molecular formula is C20H20FN5O. The maximum absolute atomic E-state index is 13.3. The predicted molar refractivity (Wildman–Crippen MR) is 99.8 cm³/mol. The average Bonchev–Trinajstić information content (AvgIpc) is 3.37. The van der Waals surface area contributed by atoms with E-state index < -0.39 is 5.82 Å². The molecule has 1 amide bonds. The van der Waals surface area contributed by atoms with Crippen molar-refractivity contribution in [2.75, 3.05) is 0 Å². The third kappa shape index (κ3) is 4.29. The number of carbonyl (C=O) groups excluding carboxylic acids is 1. The van der Waals surface area contributed by atoms with Crippen LogP contribution in [0.25, 0.3) is 5.57 Å². The summed E-state index contributed by atoms with van der Waals surface area (Å²) in [5, 5.41) is 20.3. The van der Waals surface area contributed by atoms with Crippen LogP contribution < -0.4 is 5.32 Å². The number of hydrogen-bond acceptors (Lipinski definition) is 4. The van der Waals surface area contributed by atoms with Gasteiger partial charge in [-0.05, 0) is 62.5 Å². The van der Waals surface area contributed by atoms with E-state index in [9.17, 15) is 9.18 Å². The molecule has 0 aliphatic heterocycles. The Morgan fingerprint density at radius 1 is 1.52 bits per heavy atom. The fourth-order valence-electron chi connectivity index (χ4n) is 2.84. The molecule has 138 valence electrons. The zero-order valence-electron chi connectivity index (χ0n) is 15.1. The van der Waals surface area contributed by atoms with Crippen LogP contribution in [-0.4, -0.2) is 27.6 Å². The first kappa shape index (κ1) is 18.5. The first-order valence-electron chi connectivity index (χ1n) is 8.72. The Kier molecular flexibility index (Phi) is 5.17. The van der Waals surface area contributed by atoms with E-state index >= 15 is 0 Å². The minimum atomic E-state index is -0.520. The molecule has 0 saturated heterocycles. The quantitative estimate of drug-likeness (QED) is 0.683. The molecule has 1 aliphatic rings. The zero-order valence-corrected chi connectivity index (χ0v) is 15.1. The molecular weight excluding hydrogens is 345 g/mol. The van der Waals surface area contributed by atoms with E-state index in [0.29, 0.717) is 22.7 Å². The molecule has 1 aromatic heterocycles. The number of aromatic amines is 1. The Morgan fingerprint density at radius 3 is 2.93 bits per heavy atom. The summed E-state index contributed by atoms with van der Waals surface area (Å²) >= 11 is 0. The van der Waals surface area contributed by atoms with Crippen molar-refractivity contribution in [2.45, 2.75) is 32.7 Å². The fraction of sp³-hybridized carbons (Fsp3) is 0.300. The van der Waals surface area contributed by atoms with Crippen LogP contribution >= 0.6 is 0 Å². The number of imidazole rings is 1. The first-order chi connectivity index (χ1) is 12.9. The van der Waals surface area contributed by atoms with Crippen molar-refractivity contribution in [1.82, 2.24) is 15.3 Å². The van der Waals surface area contributed by atoms with Gasteiger partial charge in [0.1, 0.15) is 5.82 Å². The van der Waals surface area contributed by atoms with E-state index in [-0.39, 0.29) is 29.0 Å². The van der Waals surface area contributed by atoms with Crippen LogP contribution in [0.15, 0.2) is 30.5 Å². The highest BCUT2D eigenvalue weighted by atomic mass is 19.1. The van der Waals surface area contributed by atoms with Crippen LogP contribution in [0.5, 0.6) is 0 Å². The molecule has 1 atom stereocenters. The summed E-state index contributed by atoms with van der Waals surface area (Å²) in [6, 6.07) is 5.75. The van der Waals surface area contributed by atoms with Gasteiger partial charge in [-0.3, -0.25) is 4.79 Å². The fourth-order valence-corrected chi connectivity index (χ4v) is 2.84. The number of benzene rings is 1. The van der Waals surface area contributed by atoms with E-state index in [1.807, 2.05) is 13.0 Å². The molecule has 1 aromatic carbocycles. The highest BCUT2D eigenvalue weighted by Crippen LogP contribution is 2.32. The van der Waals surface area contributed by atoms with Crippen molar-refractivity contribution in [3.63, 3.8) is 0 Å². The highest BCUT2D eigenvalue weighted by Gasteiger charge is 2.29. The monoisotopic (exact) mass is 365 g/mol. The summed E-state index contributed by atoms with van der Waals surface area (Å²) in [5.41, 5.74) is 1.79. The number of nitrogens with zero attached hydrogens (tertiary/aromatic N) is 2. The largest absolute Gasteiger partial charge is 0.347 e. The normalized spacial score (nSPS) is 15.1. The number of halogens is 1. The van der Waals surface area contributed by atoms with Crippen molar-refractivity contribution < 1.29 is 9.18 Å². The van der Waals surface area contributed by atoms with Gasteiger partial charge in [0, 0.05) is 11.6 Å². The molecule has 1 fully saturated rings. The maximum Gasteiger partial charge on any atom is 0.287 e. The molecule has 1 heterocycles. The number of H-pyrrole nitrogens is 1. The van der Waals surface area contributed by atoms with Crippen molar-refractivity contribution in [2.24, 2.45) is 5.92 Å². The topological polar surface area (TPSA) is 105 Å². The number of amides is 1. The van der Waals surface area contributed by atoms with Gasteiger partial charge in [-0.2, -0.15) is 5.26 Å². The average molecular weight is 365 g/mol. The van der Waals surface area contributed by atoms with Gasteiger partial charge in [0.05, 0.1) is 29.2 Å². The van der Waals surface area contributed by atoms with Gasteiger partial charge in [0.15, 0.2) is 5.82 Å². The standard InChI is InChI=1S/C20H20FN5O/c1-11(7-17(23)16-6-5-15(21)8-14(16)9-22)18-10-24-19(26-18)20(27)25-12(2)13-3-4-13/h5-8,10,12-13,23H,3-4H2,1-2H3,(H,24,26)(H,25,27)/b11-7-,23-17?.